The lowest BCUT2D eigenvalue weighted by molar-refractivity contribution is 0.623. The smallest absolute Gasteiger partial charge is 0.130 e. The van der Waals surface area contributed by atoms with Gasteiger partial charge in [-0.2, -0.15) is 0 Å². The molecule has 1 aromatic carbocycles. The van der Waals surface area contributed by atoms with Crippen molar-refractivity contribution in [2.75, 3.05) is 5.33 Å². The zero-order chi connectivity index (χ0) is 10.6. The van der Waals surface area contributed by atoms with Gasteiger partial charge in [0.15, 0.2) is 0 Å². The van der Waals surface area contributed by atoms with Crippen LogP contribution in [0.5, 0.6) is 0 Å². The average molecular weight is 257 g/mol. The van der Waals surface area contributed by atoms with Crippen LogP contribution in [-0.2, 0) is 0 Å². The van der Waals surface area contributed by atoms with Crippen LogP contribution in [0.4, 0.5) is 4.39 Å². The minimum atomic E-state index is -0.140. The maximum absolute atomic E-state index is 13.4. The molecule has 0 aliphatic rings. The Hall–Kier alpha value is -0.630. The second-order valence-electron chi connectivity index (χ2n) is 3.35. The number of hydrogen-bond donors (Lipinski definition) is 0. The molecule has 0 saturated heterocycles. The molecule has 1 aromatic rings. The molecule has 0 aromatic heterocycles. The van der Waals surface area contributed by atoms with E-state index in [1.54, 1.807) is 6.07 Å². The largest absolute Gasteiger partial charge is 0.206 e. The molecule has 0 aliphatic heterocycles. The SMILES string of the molecule is C/C(=C/CCBr)c1cc(C)ccc1F. The molecule has 0 bridgehead atoms. The molecule has 0 N–H and O–H groups in total. The Balaban J connectivity index is 2.99. The van der Waals surface area contributed by atoms with Crippen LogP contribution in [0.25, 0.3) is 5.57 Å². The van der Waals surface area contributed by atoms with E-state index >= 15 is 0 Å². The molecule has 14 heavy (non-hydrogen) atoms. The standard InChI is InChI=1S/C12H14BrF/c1-9-5-6-12(14)11(8-9)10(2)4-3-7-13/h4-6,8H,3,7H2,1-2H3/b10-4-. The summed E-state index contributed by atoms with van der Waals surface area (Å²) in [6.45, 7) is 3.92. The molecule has 0 spiro atoms. The number of alkyl halides is 1. The maximum atomic E-state index is 13.4. The van der Waals surface area contributed by atoms with Crippen molar-refractivity contribution >= 4 is 21.5 Å². The van der Waals surface area contributed by atoms with Gasteiger partial charge in [-0.3, -0.25) is 0 Å². The van der Waals surface area contributed by atoms with Crippen molar-refractivity contribution in [3.05, 3.63) is 41.2 Å². The van der Waals surface area contributed by atoms with Gasteiger partial charge in [0.25, 0.3) is 0 Å². The Morgan fingerprint density at radius 1 is 1.50 bits per heavy atom. The topological polar surface area (TPSA) is 0 Å². The van der Waals surface area contributed by atoms with Crippen molar-refractivity contribution in [2.45, 2.75) is 20.3 Å². The molecule has 0 aliphatic carbocycles. The van der Waals surface area contributed by atoms with Crippen molar-refractivity contribution in [2.24, 2.45) is 0 Å². The zero-order valence-corrected chi connectivity index (χ0v) is 10.1. The highest BCUT2D eigenvalue weighted by atomic mass is 79.9. The summed E-state index contributed by atoms with van der Waals surface area (Å²) in [5, 5.41) is 0.914. The fourth-order valence-corrected chi connectivity index (χ4v) is 1.55. The fourth-order valence-electron chi connectivity index (χ4n) is 1.32. The van der Waals surface area contributed by atoms with E-state index in [0.29, 0.717) is 5.56 Å². The summed E-state index contributed by atoms with van der Waals surface area (Å²) >= 11 is 3.35. The lowest BCUT2D eigenvalue weighted by Crippen LogP contribution is -1.88. The Morgan fingerprint density at radius 3 is 2.86 bits per heavy atom. The van der Waals surface area contributed by atoms with Gasteiger partial charge in [-0.25, -0.2) is 4.39 Å². The molecule has 76 valence electrons. The van der Waals surface area contributed by atoms with E-state index in [-0.39, 0.29) is 5.82 Å². The Bertz CT molecular complexity index is 342. The van der Waals surface area contributed by atoms with Crippen LogP contribution in [-0.4, -0.2) is 5.33 Å². The maximum Gasteiger partial charge on any atom is 0.130 e. The summed E-state index contributed by atoms with van der Waals surface area (Å²) in [6.07, 6.45) is 2.98. The minimum absolute atomic E-state index is 0.140. The van der Waals surface area contributed by atoms with Crippen LogP contribution in [0.1, 0.15) is 24.5 Å². The van der Waals surface area contributed by atoms with E-state index in [4.69, 9.17) is 0 Å². The van der Waals surface area contributed by atoms with Crippen LogP contribution in [0.15, 0.2) is 24.3 Å². The molecule has 0 unspecified atom stereocenters. The molecule has 0 amide bonds. The van der Waals surface area contributed by atoms with Gasteiger partial charge in [-0.05, 0) is 38.0 Å². The average Bonchev–Trinajstić information content (AvgIpc) is 2.18. The minimum Gasteiger partial charge on any atom is -0.206 e. The summed E-state index contributed by atoms with van der Waals surface area (Å²) in [4.78, 5) is 0. The number of benzene rings is 1. The second-order valence-corrected chi connectivity index (χ2v) is 4.14. The van der Waals surface area contributed by atoms with E-state index in [1.807, 2.05) is 26.0 Å². The lowest BCUT2D eigenvalue weighted by Gasteiger charge is -2.04. The monoisotopic (exact) mass is 256 g/mol. The summed E-state index contributed by atoms with van der Waals surface area (Å²) in [5.74, 6) is -0.140. The molecule has 1 rings (SSSR count). The molecule has 0 fully saturated rings. The first-order chi connectivity index (χ1) is 6.65. The third kappa shape index (κ3) is 2.95. The predicted octanol–water partition coefficient (Wildman–Crippen LogP) is 4.32. The number of aryl methyl sites for hydroxylation is 1. The van der Waals surface area contributed by atoms with Gasteiger partial charge in [0.2, 0.25) is 0 Å². The molecule has 0 heterocycles. The quantitative estimate of drug-likeness (QED) is 0.707. The zero-order valence-electron chi connectivity index (χ0n) is 8.48. The highest BCUT2D eigenvalue weighted by molar-refractivity contribution is 9.09. The number of hydrogen-bond acceptors (Lipinski definition) is 0. The van der Waals surface area contributed by atoms with Crippen molar-refractivity contribution in [1.29, 1.82) is 0 Å². The van der Waals surface area contributed by atoms with Gasteiger partial charge in [0, 0.05) is 10.9 Å². The van der Waals surface area contributed by atoms with Gasteiger partial charge in [0.1, 0.15) is 5.82 Å². The van der Waals surface area contributed by atoms with Crippen molar-refractivity contribution in [3.63, 3.8) is 0 Å². The van der Waals surface area contributed by atoms with Gasteiger partial charge in [-0.1, -0.05) is 33.6 Å². The summed E-state index contributed by atoms with van der Waals surface area (Å²) in [6, 6.07) is 5.20. The van der Waals surface area contributed by atoms with E-state index in [0.717, 1.165) is 22.9 Å². The summed E-state index contributed by atoms with van der Waals surface area (Å²) in [7, 11) is 0. The van der Waals surface area contributed by atoms with Crippen LogP contribution < -0.4 is 0 Å². The van der Waals surface area contributed by atoms with Crippen molar-refractivity contribution in [3.8, 4) is 0 Å². The Morgan fingerprint density at radius 2 is 2.21 bits per heavy atom. The third-order valence-electron chi connectivity index (χ3n) is 2.11. The number of halogens is 2. The summed E-state index contributed by atoms with van der Waals surface area (Å²) in [5.41, 5.74) is 2.81. The number of allylic oxidation sites excluding steroid dienone is 2. The fraction of sp³-hybridized carbons (Fsp3) is 0.333. The molecule has 0 saturated carbocycles. The second kappa shape index (κ2) is 5.30. The van der Waals surface area contributed by atoms with Crippen LogP contribution in [0.2, 0.25) is 0 Å². The molecule has 0 atom stereocenters. The van der Waals surface area contributed by atoms with Crippen LogP contribution >= 0.6 is 15.9 Å². The molecular weight excluding hydrogens is 243 g/mol. The van der Waals surface area contributed by atoms with E-state index in [1.165, 1.54) is 6.07 Å². The highest BCUT2D eigenvalue weighted by Gasteiger charge is 2.03. The van der Waals surface area contributed by atoms with Gasteiger partial charge >= 0.3 is 0 Å². The molecule has 0 nitrogen and oxygen atoms in total. The molecule has 2 heteroatoms. The van der Waals surface area contributed by atoms with E-state index < -0.39 is 0 Å². The molecule has 0 radical (unpaired) electrons. The highest BCUT2D eigenvalue weighted by Crippen LogP contribution is 2.19. The third-order valence-corrected chi connectivity index (χ3v) is 2.56. The number of rotatable bonds is 3. The summed E-state index contributed by atoms with van der Waals surface area (Å²) < 4.78 is 13.4. The predicted molar refractivity (Wildman–Crippen MR) is 63.2 cm³/mol. The lowest BCUT2D eigenvalue weighted by atomic mass is 10.0. The first kappa shape index (κ1) is 11.4. The van der Waals surface area contributed by atoms with Gasteiger partial charge < -0.3 is 0 Å². The normalized spacial score (nSPS) is 11.9. The van der Waals surface area contributed by atoms with E-state index in [2.05, 4.69) is 15.9 Å². The van der Waals surface area contributed by atoms with Gasteiger partial charge in [0.05, 0.1) is 0 Å². The first-order valence-electron chi connectivity index (χ1n) is 4.64. The van der Waals surface area contributed by atoms with Crippen molar-refractivity contribution in [1.82, 2.24) is 0 Å². The first-order valence-corrected chi connectivity index (χ1v) is 5.76. The van der Waals surface area contributed by atoms with E-state index in [9.17, 15) is 4.39 Å². The Kier molecular flexibility index (Phi) is 4.33. The van der Waals surface area contributed by atoms with Crippen molar-refractivity contribution < 1.29 is 4.39 Å². The van der Waals surface area contributed by atoms with Crippen LogP contribution in [0, 0.1) is 12.7 Å². The van der Waals surface area contributed by atoms with Gasteiger partial charge in [-0.15, -0.1) is 0 Å². The molecular formula is C12H14BrF. The Labute approximate surface area is 93.0 Å². The van der Waals surface area contributed by atoms with Crippen LogP contribution in [0.3, 0.4) is 0 Å².